The molecule has 2 aromatic rings. The number of hydrogen-bond acceptors (Lipinski definition) is 4. The minimum absolute atomic E-state index is 0.0416. The lowest BCUT2D eigenvalue weighted by Crippen LogP contribution is -2.24. The molecule has 1 saturated heterocycles. The molecule has 0 N–H and O–H groups in total. The van der Waals surface area contributed by atoms with Crippen molar-refractivity contribution in [2.75, 3.05) is 6.54 Å². The Morgan fingerprint density at radius 3 is 2.64 bits per heavy atom. The highest BCUT2D eigenvalue weighted by molar-refractivity contribution is 5.79. The Hall–Kier alpha value is -2.17. The second kappa shape index (κ2) is 5.91. The SMILES string of the molecule is Cc1nc(C2CC(=O)N(Cc3ccc(C(C)C)cc3)C2)no1. The van der Waals surface area contributed by atoms with E-state index in [0.29, 0.717) is 37.1 Å². The van der Waals surface area contributed by atoms with Gasteiger partial charge in [0, 0.05) is 32.4 Å². The van der Waals surface area contributed by atoms with E-state index < -0.39 is 0 Å². The highest BCUT2D eigenvalue weighted by Gasteiger charge is 2.33. The minimum atomic E-state index is 0.0416. The molecule has 0 bridgehead atoms. The maximum Gasteiger partial charge on any atom is 0.223 e. The van der Waals surface area contributed by atoms with Gasteiger partial charge in [0.2, 0.25) is 11.8 Å². The summed E-state index contributed by atoms with van der Waals surface area (Å²) in [4.78, 5) is 18.3. The third-order valence-electron chi connectivity index (χ3n) is 4.14. The van der Waals surface area contributed by atoms with Gasteiger partial charge in [0.1, 0.15) is 0 Å². The standard InChI is InChI=1S/C17H21N3O2/c1-11(2)14-6-4-13(5-7-14)9-20-10-15(8-16(20)21)17-18-12(3)22-19-17/h4-7,11,15H,8-10H2,1-3H3. The van der Waals surface area contributed by atoms with Crippen molar-refractivity contribution in [3.05, 3.63) is 47.1 Å². The van der Waals surface area contributed by atoms with Crippen LogP contribution in [0.5, 0.6) is 0 Å². The fourth-order valence-corrected chi connectivity index (χ4v) is 2.81. The van der Waals surface area contributed by atoms with Crippen molar-refractivity contribution in [3.8, 4) is 0 Å². The van der Waals surface area contributed by atoms with E-state index in [1.807, 2.05) is 4.90 Å². The molecule has 2 heterocycles. The van der Waals surface area contributed by atoms with Crippen LogP contribution in [0.25, 0.3) is 0 Å². The van der Waals surface area contributed by atoms with Crippen LogP contribution in [-0.2, 0) is 11.3 Å². The van der Waals surface area contributed by atoms with E-state index in [1.165, 1.54) is 5.56 Å². The van der Waals surface area contributed by atoms with E-state index in [1.54, 1.807) is 6.92 Å². The Morgan fingerprint density at radius 1 is 1.32 bits per heavy atom. The largest absolute Gasteiger partial charge is 0.340 e. The summed E-state index contributed by atoms with van der Waals surface area (Å²) in [6.07, 6.45) is 0.461. The van der Waals surface area contributed by atoms with Crippen LogP contribution in [-0.4, -0.2) is 27.5 Å². The van der Waals surface area contributed by atoms with E-state index in [-0.39, 0.29) is 11.8 Å². The van der Waals surface area contributed by atoms with E-state index in [9.17, 15) is 4.79 Å². The van der Waals surface area contributed by atoms with Crippen LogP contribution >= 0.6 is 0 Å². The monoisotopic (exact) mass is 299 g/mol. The van der Waals surface area contributed by atoms with Crippen LogP contribution in [0.4, 0.5) is 0 Å². The van der Waals surface area contributed by atoms with E-state index in [2.05, 4.69) is 48.3 Å². The van der Waals surface area contributed by atoms with Gasteiger partial charge in [-0.2, -0.15) is 4.98 Å². The van der Waals surface area contributed by atoms with Gasteiger partial charge in [0.05, 0.1) is 0 Å². The Balaban J connectivity index is 1.66. The Morgan fingerprint density at radius 2 is 2.05 bits per heavy atom. The van der Waals surface area contributed by atoms with Crippen molar-refractivity contribution < 1.29 is 9.32 Å². The van der Waals surface area contributed by atoms with Crippen molar-refractivity contribution in [2.45, 2.75) is 45.6 Å². The number of amides is 1. The summed E-state index contributed by atoms with van der Waals surface area (Å²) in [5.74, 6) is 1.90. The van der Waals surface area contributed by atoms with Gasteiger partial charge < -0.3 is 9.42 Å². The molecule has 1 amide bonds. The Bertz CT molecular complexity index is 661. The molecule has 1 fully saturated rings. The maximum absolute atomic E-state index is 12.2. The molecule has 1 unspecified atom stereocenters. The molecule has 22 heavy (non-hydrogen) atoms. The molecule has 0 spiro atoms. The summed E-state index contributed by atoms with van der Waals surface area (Å²) in [7, 11) is 0. The number of aromatic nitrogens is 2. The average Bonchev–Trinajstić information content (AvgIpc) is 3.06. The predicted octanol–water partition coefficient (Wildman–Crippen LogP) is 3.02. The summed E-state index contributed by atoms with van der Waals surface area (Å²) in [5.41, 5.74) is 2.47. The lowest BCUT2D eigenvalue weighted by atomic mass is 10.0. The van der Waals surface area contributed by atoms with Crippen molar-refractivity contribution >= 4 is 5.91 Å². The molecule has 1 aliphatic rings. The summed E-state index contributed by atoms with van der Waals surface area (Å²) in [6.45, 7) is 7.42. The summed E-state index contributed by atoms with van der Waals surface area (Å²) >= 11 is 0. The van der Waals surface area contributed by atoms with Crippen molar-refractivity contribution in [3.63, 3.8) is 0 Å². The number of carbonyl (C=O) groups is 1. The number of hydrogen-bond donors (Lipinski definition) is 0. The van der Waals surface area contributed by atoms with Crippen LogP contribution in [0, 0.1) is 6.92 Å². The molecular weight excluding hydrogens is 278 g/mol. The summed E-state index contributed by atoms with van der Waals surface area (Å²) in [6, 6.07) is 8.49. The second-order valence-corrected chi connectivity index (χ2v) is 6.24. The molecule has 1 aromatic carbocycles. The third-order valence-corrected chi connectivity index (χ3v) is 4.14. The molecule has 0 radical (unpaired) electrons. The number of carbonyl (C=O) groups excluding carboxylic acids is 1. The van der Waals surface area contributed by atoms with Gasteiger partial charge in [0.25, 0.3) is 0 Å². The van der Waals surface area contributed by atoms with Gasteiger partial charge in [-0.05, 0) is 17.0 Å². The van der Waals surface area contributed by atoms with Crippen molar-refractivity contribution in [2.24, 2.45) is 0 Å². The number of nitrogens with zero attached hydrogens (tertiary/aromatic N) is 3. The molecule has 1 aliphatic heterocycles. The number of aryl methyl sites for hydroxylation is 1. The number of rotatable bonds is 4. The number of benzene rings is 1. The Kier molecular flexibility index (Phi) is 3.96. The zero-order valence-electron chi connectivity index (χ0n) is 13.2. The first-order chi connectivity index (χ1) is 10.5. The van der Waals surface area contributed by atoms with Crippen LogP contribution in [0.2, 0.25) is 0 Å². The highest BCUT2D eigenvalue weighted by Crippen LogP contribution is 2.27. The van der Waals surface area contributed by atoms with Gasteiger partial charge in [-0.3, -0.25) is 4.79 Å². The van der Waals surface area contributed by atoms with Crippen molar-refractivity contribution in [1.82, 2.24) is 15.0 Å². The molecule has 1 atom stereocenters. The molecule has 5 heteroatoms. The fraction of sp³-hybridized carbons (Fsp3) is 0.471. The summed E-state index contributed by atoms with van der Waals surface area (Å²) in [5, 5.41) is 3.94. The van der Waals surface area contributed by atoms with E-state index in [4.69, 9.17) is 4.52 Å². The number of likely N-dealkylation sites (tertiary alicyclic amines) is 1. The van der Waals surface area contributed by atoms with Gasteiger partial charge in [-0.25, -0.2) is 0 Å². The average molecular weight is 299 g/mol. The predicted molar refractivity (Wildman–Crippen MR) is 82.3 cm³/mol. The molecule has 0 saturated carbocycles. The lowest BCUT2D eigenvalue weighted by Gasteiger charge is -2.16. The summed E-state index contributed by atoms with van der Waals surface area (Å²) < 4.78 is 5.01. The van der Waals surface area contributed by atoms with Crippen LogP contribution in [0.1, 0.15) is 54.9 Å². The first-order valence-corrected chi connectivity index (χ1v) is 7.69. The van der Waals surface area contributed by atoms with E-state index >= 15 is 0 Å². The Labute approximate surface area is 130 Å². The molecule has 5 nitrogen and oxygen atoms in total. The fourth-order valence-electron chi connectivity index (χ4n) is 2.81. The van der Waals surface area contributed by atoms with Gasteiger partial charge in [-0.15, -0.1) is 0 Å². The second-order valence-electron chi connectivity index (χ2n) is 6.24. The molecular formula is C17H21N3O2. The van der Waals surface area contributed by atoms with Crippen LogP contribution < -0.4 is 0 Å². The quantitative estimate of drug-likeness (QED) is 0.870. The molecule has 116 valence electrons. The first kappa shape index (κ1) is 14.8. The first-order valence-electron chi connectivity index (χ1n) is 7.69. The van der Waals surface area contributed by atoms with Crippen LogP contribution in [0.15, 0.2) is 28.8 Å². The van der Waals surface area contributed by atoms with Gasteiger partial charge >= 0.3 is 0 Å². The molecule has 0 aliphatic carbocycles. The lowest BCUT2D eigenvalue weighted by molar-refractivity contribution is -0.128. The van der Waals surface area contributed by atoms with E-state index in [0.717, 1.165) is 5.56 Å². The molecule has 1 aromatic heterocycles. The minimum Gasteiger partial charge on any atom is -0.340 e. The topological polar surface area (TPSA) is 59.2 Å². The van der Waals surface area contributed by atoms with Gasteiger partial charge in [-0.1, -0.05) is 43.3 Å². The molecule has 3 rings (SSSR count). The maximum atomic E-state index is 12.2. The third kappa shape index (κ3) is 3.03. The van der Waals surface area contributed by atoms with Crippen LogP contribution in [0.3, 0.4) is 0 Å². The normalized spacial score (nSPS) is 18.5. The highest BCUT2D eigenvalue weighted by atomic mass is 16.5. The zero-order chi connectivity index (χ0) is 15.7. The van der Waals surface area contributed by atoms with Crippen molar-refractivity contribution in [1.29, 1.82) is 0 Å². The zero-order valence-corrected chi connectivity index (χ0v) is 13.2. The smallest absolute Gasteiger partial charge is 0.223 e. The van der Waals surface area contributed by atoms with Gasteiger partial charge in [0.15, 0.2) is 5.82 Å².